The maximum atomic E-state index is 8.97. The topological polar surface area (TPSA) is 75.0 Å². The lowest BCUT2D eigenvalue weighted by atomic mass is 10.4. The Balaban J connectivity index is 3.37. The Morgan fingerprint density at radius 1 is 1.73 bits per heavy atom. The summed E-state index contributed by atoms with van der Waals surface area (Å²) in [5.41, 5.74) is 5.47. The molecule has 0 aliphatic heterocycles. The maximum absolute atomic E-state index is 8.97. The lowest BCUT2D eigenvalue weighted by molar-refractivity contribution is 0.474. The average Bonchev–Trinajstić information content (AvgIpc) is 2.01. The molecule has 1 heterocycles. The molecule has 4 heteroatoms. The van der Waals surface area contributed by atoms with E-state index >= 15 is 0 Å². The summed E-state index contributed by atoms with van der Waals surface area (Å²) in [6, 6.07) is 2.41. The molecule has 0 spiro atoms. The molecule has 0 fully saturated rings. The third-order valence-corrected chi connectivity index (χ3v) is 1.41. The van der Waals surface area contributed by atoms with E-state index in [2.05, 4.69) is 12.3 Å². The molecule has 0 saturated heterocycles. The molecule has 1 aromatic rings. The van der Waals surface area contributed by atoms with Gasteiger partial charge in [0.15, 0.2) is 11.2 Å². The highest BCUT2D eigenvalue weighted by Gasteiger charge is 1.98. The summed E-state index contributed by atoms with van der Waals surface area (Å²) in [4.78, 5) is 0. The van der Waals surface area contributed by atoms with Crippen LogP contribution < -0.4 is 11.2 Å². The van der Waals surface area contributed by atoms with Gasteiger partial charge < -0.3 is 10.8 Å². The zero-order valence-corrected chi connectivity index (χ0v) is 6.18. The van der Waals surface area contributed by atoms with Gasteiger partial charge in [0.05, 0.1) is 0 Å². The monoisotopic (exact) mass is 151 g/mol. The summed E-state index contributed by atoms with van der Waals surface area (Å²) in [5.74, 6) is -0.209. The summed E-state index contributed by atoms with van der Waals surface area (Å²) in [6.07, 6.45) is 2.57. The molecule has 0 amide bonds. The number of nitrogen functional groups attached to an aromatic ring is 1. The van der Waals surface area contributed by atoms with Gasteiger partial charge in [-0.2, -0.15) is 0 Å². The van der Waals surface area contributed by atoms with E-state index in [0.717, 1.165) is 0 Å². The second-order valence-electron chi connectivity index (χ2n) is 2.09. The minimum atomic E-state index is -0.209. The molecule has 0 atom stereocenters. The Hall–Kier alpha value is -1.63. The van der Waals surface area contributed by atoms with Gasteiger partial charge in [0.2, 0.25) is 0 Å². The zero-order chi connectivity index (χ0) is 8.43. The molecule has 0 aromatic carbocycles. The normalized spacial score (nSPS) is 9.18. The van der Waals surface area contributed by atoms with Crippen LogP contribution in [0.15, 0.2) is 0 Å². The largest absolute Gasteiger partial charge is 0.499 e. The maximum Gasteiger partial charge on any atom is 0.196 e. The number of nitrogens with zero attached hydrogens (tertiary/aromatic N) is 1. The molecule has 0 unspecified atom stereocenters. The molecule has 0 aliphatic carbocycles. The van der Waals surface area contributed by atoms with Crippen molar-refractivity contribution in [3.05, 3.63) is 17.8 Å². The van der Waals surface area contributed by atoms with Crippen LogP contribution in [0.4, 0.5) is 5.69 Å². The second kappa shape index (κ2) is 2.54. The average molecular weight is 151 g/mol. The molecule has 0 radical (unpaired) electrons. The van der Waals surface area contributed by atoms with Gasteiger partial charge in [0, 0.05) is 12.7 Å². The molecule has 1 aromatic heterocycles. The third-order valence-electron chi connectivity index (χ3n) is 1.41. The molecule has 58 valence electrons. The predicted octanol–water partition coefficient (Wildman–Crippen LogP) is -0.124. The Morgan fingerprint density at radius 3 is 2.91 bits per heavy atom. The van der Waals surface area contributed by atoms with E-state index in [-0.39, 0.29) is 16.9 Å². The summed E-state index contributed by atoms with van der Waals surface area (Å²) in [5, 5.41) is 16.3. The Kier molecular flexibility index (Phi) is 1.73. The minimum absolute atomic E-state index is 0.0469. The van der Waals surface area contributed by atoms with Crippen LogP contribution in [0.3, 0.4) is 0 Å². The van der Waals surface area contributed by atoms with Crippen molar-refractivity contribution >= 4 is 5.69 Å². The molecule has 0 aliphatic rings. The van der Waals surface area contributed by atoms with Gasteiger partial charge in [-0.25, -0.2) is 0 Å². The Morgan fingerprint density at radius 2 is 2.36 bits per heavy atom. The van der Waals surface area contributed by atoms with Crippen LogP contribution in [0.25, 0.3) is 0 Å². The van der Waals surface area contributed by atoms with Gasteiger partial charge in [0.25, 0.3) is 0 Å². The van der Waals surface area contributed by atoms with Crippen LogP contribution >= 0.6 is 0 Å². The van der Waals surface area contributed by atoms with Crippen molar-refractivity contribution in [3.63, 3.8) is 0 Å². The van der Waals surface area contributed by atoms with Crippen molar-refractivity contribution in [2.24, 2.45) is 0 Å². The van der Waals surface area contributed by atoms with Crippen molar-refractivity contribution in [1.82, 2.24) is 4.57 Å². The molecular formula is C7H9N3O. The molecule has 0 bridgehead atoms. The number of hydrogen-bond donors (Lipinski definition) is 3. The lowest BCUT2D eigenvalue weighted by Crippen LogP contribution is -2.20. The Labute approximate surface area is 64.4 Å². The number of nitrogens with one attached hydrogen (secondary N) is 1. The SMILES string of the molecule is CCn1c#cc(O)c(N)c1=N. The first kappa shape index (κ1) is 7.48. The molecular weight excluding hydrogens is 142 g/mol. The fourth-order valence-electron chi connectivity index (χ4n) is 0.738. The van der Waals surface area contributed by atoms with Gasteiger partial charge in [-0.3, -0.25) is 9.98 Å². The van der Waals surface area contributed by atoms with Crippen LogP contribution in [0.5, 0.6) is 5.75 Å². The van der Waals surface area contributed by atoms with Crippen molar-refractivity contribution in [2.75, 3.05) is 5.73 Å². The van der Waals surface area contributed by atoms with Gasteiger partial charge in [0.1, 0.15) is 5.69 Å². The summed E-state index contributed by atoms with van der Waals surface area (Å²) >= 11 is 0. The molecule has 0 saturated carbocycles. The first-order valence-corrected chi connectivity index (χ1v) is 3.23. The fraction of sp³-hybridized carbons (Fsp3) is 0.286. The van der Waals surface area contributed by atoms with Crippen LogP contribution in [-0.2, 0) is 6.54 Å². The quantitative estimate of drug-likeness (QED) is 0.523. The van der Waals surface area contributed by atoms with Gasteiger partial charge in [-0.15, -0.1) is 0 Å². The molecule has 4 N–H and O–H groups in total. The number of nitrogens with two attached hydrogens (primary N) is 1. The molecule has 4 nitrogen and oxygen atoms in total. The first-order valence-electron chi connectivity index (χ1n) is 3.23. The van der Waals surface area contributed by atoms with Crippen molar-refractivity contribution in [3.8, 4) is 5.75 Å². The highest BCUT2D eigenvalue weighted by atomic mass is 16.3. The third kappa shape index (κ3) is 1.13. The first-order chi connectivity index (χ1) is 5.16. The number of rotatable bonds is 1. The van der Waals surface area contributed by atoms with Crippen LogP contribution in [0.1, 0.15) is 6.92 Å². The van der Waals surface area contributed by atoms with Crippen molar-refractivity contribution in [1.29, 1.82) is 5.41 Å². The second-order valence-corrected chi connectivity index (χ2v) is 2.09. The van der Waals surface area contributed by atoms with Crippen molar-refractivity contribution in [2.45, 2.75) is 13.5 Å². The number of hydrogen-bond acceptors (Lipinski definition) is 3. The van der Waals surface area contributed by atoms with E-state index < -0.39 is 0 Å². The summed E-state index contributed by atoms with van der Waals surface area (Å²) < 4.78 is 1.47. The number of aromatic hydroxyl groups is 1. The minimum Gasteiger partial charge on any atom is -0.499 e. The van der Waals surface area contributed by atoms with Gasteiger partial charge in [-0.05, 0) is 13.0 Å². The predicted molar refractivity (Wildman–Crippen MR) is 39.7 cm³/mol. The smallest absolute Gasteiger partial charge is 0.196 e. The van der Waals surface area contributed by atoms with Crippen LogP contribution in [0, 0.1) is 17.7 Å². The van der Waals surface area contributed by atoms with Gasteiger partial charge >= 0.3 is 0 Å². The van der Waals surface area contributed by atoms with E-state index in [4.69, 9.17) is 16.2 Å². The summed E-state index contributed by atoms with van der Waals surface area (Å²) in [6.45, 7) is 2.46. The van der Waals surface area contributed by atoms with Crippen molar-refractivity contribution < 1.29 is 5.11 Å². The number of anilines is 1. The Bertz CT molecular complexity index is 316. The van der Waals surface area contributed by atoms with Crippen LogP contribution in [-0.4, -0.2) is 9.67 Å². The van der Waals surface area contributed by atoms with Gasteiger partial charge in [-0.1, -0.05) is 0 Å². The molecule has 11 heavy (non-hydrogen) atoms. The van der Waals surface area contributed by atoms with E-state index in [1.165, 1.54) is 4.57 Å². The highest BCUT2D eigenvalue weighted by Crippen LogP contribution is 2.07. The standard InChI is InChI=1S/C7H9N3O/c1-2-10-4-3-5(11)6(8)7(10)9/h9,11H,2,8H2,1H3. The van der Waals surface area contributed by atoms with E-state index in [1.54, 1.807) is 0 Å². The highest BCUT2D eigenvalue weighted by molar-refractivity contribution is 5.45. The summed E-state index contributed by atoms with van der Waals surface area (Å²) in [7, 11) is 0. The molecule has 1 rings (SSSR count). The fourth-order valence-corrected chi connectivity index (χ4v) is 0.738. The van der Waals surface area contributed by atoms with E-state index in [1.807, 2.05) is 6.92 Å². The lowest BCUT2D eigenvalue weighted by Gasteiger charge is -2.00. The van der Waals surface area contributed by atoms with Crippen LogP contribution in [0.2, 0.25) is 0 Å². The van der Waals surface area contributed by atoms with E-state index in [9.17, 15) is 0 Å². The zero-order valence-electron chi connectivity index (χ0n) is 6.18. The number of aromatic nitrogens is 1. The van der Waals surface area contributed by atoms with E-state index in [0.29, 0.717) is 6.54 Å².